The SMILES string of the molecule is N#Cc1ccccc1NC(=O)Nc1ccc(Cc2ccc(NC(=O)Nc3ccccc3C#N)cc2)cc1. The van der Waals surface area contributed by atoms with Crippen LogP contribution in [0.25, 0.3) is 0 Å². The van der Waals surface area contributed by atoms with Crippen LogP contribution in [0.3, 0.4) is 0 Å². The molecule has 4 aromatic carbocycles. The van der Waals surface area contributed by atoms with E-state index in [2.05, 4.69) is 21.3 Å². The Labute approximate surface area is 214 Å². The molecule has 0 saturated heterocycles. The minimum Gasteiger partial charge on any atom is -0.308 e. The molecule has 0 spiro atoms. The maximum absolute atomic E-state index is 12.3. The third-order valence-corrected chi connectivity index (χ3v) is 5.42. The van der Waals surface area contributed by atoms with Crippen molar-refractivity contribution >= 4 is 34.8 Å². The van der Waals surface area contributed by atoms with Crippen LogP contribution in [0.2, 0.25) is 0 Å². The van der Waals surface area contributed by atoms with Crippen molar-refractivity contribution in [1.29, 1.82) is 10.5 Å². The number of nitriles is 2. The highest BCUT2D eigenvalue weighted by Gasteiger charge is 2.08. The second kappa shape index (κ2) is 11.7. The van der Waals surface area contributed by atoms with Crippen LogP contribution in [0, 0.1) is 22.7 Å². The summed E-state index contributed by atoms with van der Waals surface area (Å²) in [4.78, 5) is 24.6. The summed E-state index contributed by atoms with van der Waals surface area (Å²) in [5.74, 6) is 0. The maximum Gasteiger partial charge on any atom is 0.323 e. The molecule has 180 valence electrons. The summed E-state index contributed by atoms with van der Waals surface area (Å²) >= 11 is 0. The molecule has 8 nitrogen and oxygen atoms in total. The van der Waals surface area contributed by atoms with E-state index in [1.165, 1.54) is 0 Å². The normalized spacial score (nSPS) is 9.89. The van der Waals surface area contributed by atoms with Crippen molar-refractivity contribution in [3.8, 4) is 12.1 Å². The molecule has 0 atom stereocenters. The number of amides is 4. The smallest absolute Gasteiger partial charge is 0.308 e. The lowest BCUT2D eigenvalue weighted by molar-refractivity contribution is 0.261. The minimum absolute atomic E-state index is 0.388. The van der Waals surface area contributed by atoms with Gasteiger partial charge in [0.05, 0.1) is 22.5 Å². The Morgan fingerprint density at radius 1 is 0.541 bits per heavy atom. The Kier molecular flexibility index (Phi) is 7.75. The highest BCUT2D eigenvalue weighted by atomic mass is 16.2. The topological polar surface area (TPSA) is 130 Å². The lowest BCUT2D eigenvalue weighted by Crippen LogP contribution is -2.20. The van der Waals surface area contributed by atoms with Crippen molar-refractivity contribution in [1.82, 2.24) is 0 Å². The molecule has 0 aliphatic heterocycles. The second-order valence-corrected chi connectivity index (χ2v) is 8.04. The molecule has 0 saturated carbocycles. The molecular formula is C29H22N6O2. The fourth-order valence-corrected chi connectivity index (χ4v) is 3.60. The highest BCUT2D eigenvalue weighted by Crippen LogP contribution is 2.18. The average molecular weight is 487 g/mol. The third kappa shape index (κ3) is 6.72. The first kappa shape index (κ1) is 24.5. The van der Waals surface area contributed by atoms with Gasteiger partial charge in [0.15, 0.2) is 0 Å². The summed E-state index contributed by atoms with van der Waals surface area (Å²) in [5, 5.41) is 29.2. The number of carbonyl (C=O) groups is 2. The quantitative estimate of drug-likeness (QED) is 0.254. The van der Waals surface area contributed by atoms with Crippen LogP contribution in [0.4, 0.5) is 32.3 Å². The molecule has 0 bridgehead atoms. The first-order valence-electron chi connectivity index (χ1n) is 11.4. The fourth-order valence-electron chi connectivity index (χ4n) is 3.60. The van der Waals surface area contributed by atoms with Gasteiger partial charge in [-0.2, -0.15) is 10.5 Å². The van der Waals surface area contributed by atoms with Crippen molar-refractivity contribution in [2.24, 2.45) is 0 Å². The molecule has 4 amide bonds. The Balaban J connectivity index is 1.29. The van der Waals surface area contributed by atoms with Gasteiger partial charge < -0.3 is 21.3 Å². The summed E-state index contributed by atoms with van der Waals surface area (Å²) in [6, 6.07) is 31.7. The Bertz CT molecular complexity index is 1380. The minimum atomic E-state index is -0.432. The Morgan fingerprint density at radius 2 is 0.919 bits per heavy atom. The first-order chi connectivity index (χ1) is 18.0. The third-order valence-electron chi connectivity index (χ3n) is 5.42. The van der Waals surface area contributed by atoms with Crippen molar-refractivity contribution < 1.29 is 9.59 Å². The van der Waals surface area contributed by atoms with Gasteiger partial charge in [0.25, 0.3) is 0 Å². The number of nitrogens with one attached hydrogen (secondary N) is 4. The predicted octanol–water partition coefficient (Wildman–Crippen LogP) is 6.31. The Morgan fingerprint density at radius 3 is 1.30 bits per heavy atom. The van der Waals surface area contributed by atoms with Crippen LogP contribution in [0.1, 0.15) is 22.3 Å². The molecule has 0 aromatic heterocycles. The van der Waals surface area contributed by atoms with Gasteiger partial charge in [-0.15, -0.1) is 0 Å². The van der Waals surface area contributed by atoms with Crippen LogP contribution < -0.4 is 21.3 Å². The highest BCUT2D eigenvalue weighted by molar-refractivity contribution is 6.01. The molecule has 8 heteroatoms. The lowest BCUT2D eigenvalue weighted by atomic mass is 10.0. The standard InChI is InChI=1S/C29H22N6O2/c30-18-22-5-1-3-7-26(22)34-28(36)32-24-13-9-20(10-14-24)17-21-11-15-25(16-12-21)33-29(37)35-27-8-4-2-6-23(27)19-31/h1-16H,17H2,(H2,32,34,36)(H2,33,35,37). The van der Waals surface area contributed by atoms with Gasteiger partial charge >= 0.3 is 12.1 Å². The van der Waals surface area contributed by atoms with E-state index in [0.717, 1.165) is 11.1 Å². The monoisotopic (exact) mass is 486 g/mol. The average Bonchev–Trinajstić information content (AvgIpc) is 2.91. The van der Waals surface area contributed by atoms with Gasteiger partial charge in [0.1, 0.15) is 12.1 Å². The number of urea groups is 2. The second-order valence-electron chi connectivity index (χ2n) is 8.04. The van der Waals surface area contributed by atoms with Crippen molar-refractivity contribution in [3.63, 3.8) is 0 Å². The van der Waals surface area contributed by atoms with Crippen LogP contribution in [0.5, 0.6) is 0 Å². The van der Waals surface area contributed by atoms with E-state index < -0.39 is 12.1 Å². The molecule has 0 radical (unpaired) electrons. The molecular weight excluding hydrogens is 464 g/mol. The van der Waals surface area contributed by atoms with E-state index in [-0.39, 0.29) is 0 Å². The molecule has 0 unspecified atom stereocenters. The summed E-state index contributed by atoms with van der Waals surface area (Å²) in [6.45, 7) is 0. The molecule has 0 fully saturated rings. The van der Waals surface area contributed by atoms with Gasteiger partial charge in [-0.25, -0.2) is 9.59 Å². The number of carbonyl (C=O) groups excluding carboxylic acids is 2. The van der Waals surface area contributed by atoms with Crippen molar-refractivity contribution in [2.75, 3.05) is 21.3 Å². The largest absolute Gasteiger partial charge is 0.323 e. The van der Waals surface area contributed by atoms with Gasteiger partial charge in [-0.05, 0) is 66.1 Å². The molecule has 0 heterocycles. The first-order valence-corrected chi connectivity index (χ1v) is 11.4. The molecule has 0 aliphatic rings. The zero-order valence-corrected chi connectivity index (χ0v) is 19.7. The molecule has 4 aromatic rings. The number of benzene rings is 4. The van der Waals surface area contributed by atoms with Crippen LogP contribution in [-0.4, -0.2) is 12.1 Å². The van der Waals surface area contributed by atoms with Gasteiger partial charge in [0.2, 0.25) is 0 Å². The number of anilines is 4. The Hall–Kier alpha value is -5.60. The fraction of sp³-hybridized carbons (Fsp3) is 0.0345. The van der Waals surface area contributed by atoms with E-state index in [0.29, 0.717) is 40.3 Å². The number of para-hydroxylation sites is 2. The zero-order valence-electron chi connectivity index (χ0n) is 19.7. The lowest BCUT2D eigenvalue weighted by Gasteiger charge is -2.10. The number of hydrogen-bond donors (Lipinski definition) is 4. The molecule has 37 heavy (non-hydrogen) atoms. The van der Waals surface area contributed by atoms with Gasteiger partial charge in [-0.1, -0.05) is 48.5 Å². The summed E-state index contributed by atoms with van der Waals surface area (Å²) < 4.78 is 0. The predicted molar refractivity (Wildman–Crippen MR) is 143 cm³/mol. The van der Waals surface area contributed by atoms with Crippen LogP contribution in [0.15, 0.2) is 97.1 Å². The van der Waals surface area contributed by atoms with Gasteiger partial charge in [0, 0.05) is 11.4 Å². The summed E-state index contributed by atoms with van der Waals surface area (Å²) in [5.41, 5.74) is 5.01. The number of nitrogens with zero attached hydrogens (tertiary/aromatic N) is 2. The zero-order chi connectivity index (χ0) is 26.0. The van der Waals surface area contributed by atoms with Crippen molar-refractivity contribution in [2.45, 2.75) is 6.42 Å². The van der Waals surface area contributed by atoms with Gasteiger partial charge in [-0.3, -0.25) is 0 Å². The van der Waals surface area contributed by atoms with E-state index in [4.69, 9.17) is 10.5 Å². The summed E-state index contributed by atoms with van der Waals surface area (Å²) in [6.07, 6.45) is 0.671. The number of hydrogen-bond acceptors (Lipinski definition) is 4. The van der Waals surface area contributed by atoms with E-state index in [1.54, 1.807) is 48.5 Å². The summed E-state index contributed by atoms with van der Waals surface area (Å²) in [7, 11) is 0. The van der Waals surface area contributed by atoms with E-state index in [1.807, 2.05) is 60.7 Å². The van der Waals surface area contributed by atoms with E-state index >= 15 is 0 Å². The van der Waals surface area contributed by atoms with E-state index in [9.17, 15) is 9.59 Å². The molecule has 4 N–H and O–H groups in total. The number of rotatable bonds is 6. The maximum atomic E-state index is 12.3. The molecule has 0 aliphatic carbocycles. The van der Waals surface area contributed by atoms with Crippen LogP contribution >= 0.6 is 0 Å². The van der Waals surface area contributed by atoms with Crippen molar-refractivity contribution in [3.05, 3.63) is 119 Å². The molecule has 4 rings (SSSR count). The van der Waals surface area contributed by atoms with Crippen LogP contribution in [-0.2, 0) is 6.42 Å².